The average Bonchev–Trinajstić information content (AvgIpc) is 3.58. The quantitative estimate of drug-likeness (QED) is 0.366. The number of ether oxygens (including phenoxy) is 3. The molecule has 0 bridgehead atoms. The number of aromatic nitrogens is 2. The number of rotatable bonds is 8. The number of para-hydroxylation sites is 1. The normalized spacial score (nSPS) is 11.9. The number of hydrogen-bond acceptors (Lipinski definition) is 6. The second kappa shape index (κ2) is 10.7. The Hall–Kier alpha value is -4.79. The zero-order valence-electron chi connectivity index (χ0n) is 21.4. The van der Waals surface area contributed by atoms with E-state index in [2.05, 4.69) is 5.32 Å². The van der Waals surface area contributed by atoms with Gasteiger partial charge >= 0.3 is 0 Å². The SMILES string of the molecule is COc1ccc(-c2cn(-c3ccccc3)c(NC(=O)CN(C(=O)c3ccc4c(c3)OCO4)C(C)C)n2)cc1. The lowest BCUT2D eigenvalue weighted by molar-refractivity contribution is -0.117. The van der Waals surface area contributed by atoms with Crippen molar-refractivity contribution in [2.24, 2.45) is 0 Å². The Balaban J connectivity index is 1.39. The summed E-state index contributed by atoms with van der Waals surface area (Å²) in [7, 11) is 1.62. The Morgan fingerprint density at radius 1 is 1.03 bits per heavy atom. The molecule has 2 heterocycles. The van der Waals surface area contributed by atoms with Crippen LogP contribution in [-0.4, -0.2) is 52.8 Å². The minimum atomic E-state index is -0.364. The van der Waals surface area contributed by atoms with Gasteiger partial charge in [-0.1, -0.05) is 18.2 Å². The molecule has 1 aromatic heterocycles. The van der Waals surface area contributed by atoms with Gasteiger partial charge in [-0.25, -0.2) is 4.98 Å². The maximum atomic E-state index is 13.3. The number of methoxy groups -OCH3 is 1. The molecule has 0 fully saturated rings. The van der Waals surface area contributed by atoms with Crippen LogP contribution in [0.2, 0.25) is 0 Å². The summed E-state index contributed by atoms with van der Waals surface area (Å²) < 4.78 is 17.8. The molecule has 1 N–H and O–H groups in total. The van der Waals surface area contributed by atoms with Gasteiger partial charge < -0.3 is 19.1 Å². The highest BCUT2D eigenvalue weighted by Gasteiger charge is 2.25. The van der Waals surface area contributed by atoms with Crippen molar-refractivity contribution in [1.29, 1.82) is 0 Å². The van der Waals surface area contributed by atoms with Gasteiger partial charge in [-0.3, -0.25) is 19.5 Å². The molecule has 1 aliphatic rings. The standard InChI is InChI=1S/C29H28N4O5/c1-19(2)32(28(35)21-11-14-25-26(15-21)38-18-37-25)17-27(34)31-29-30-24(20-9-12-23(36-3)13-10-20)16-33(29)22-7-5-4-6-8-22/h4-16,19H,17-18H2,1-3H3,(H,30,31,34). The minimum absolute atomic E-state index is 0.121. The predicted molar refractivity (Wildman–Crippen MR) is 143 cm³/mol. The molecule has 0 atom stereocenters. The summed E-state index contributed by atoms with van der Waals surface area (Å²) in [6.45, 7) is 3.70. The number of benzene rings is 3. The lowest BCUT2D eigenvalue weighted by Crippen LogP contribution is -2.42. The fourth-order valence-electron chi connectivity index (χ4n) is 4.16. The Kier molecular flexibility index (Phi) is 6.99. The van der Waals surface area contributed by atoms with E-state index >= 15 is 0 Å². The van der Waals surface area contributed by atoms with Crippen molar-refractivity contribution >= 4 is 17.8 Å². The van der Waals surface area contributed by atoms with Gasteiger partial charge in [-0.2, -0.15) is 0 Å². The maximum Gasteiger partial charge on any atom is 0.254 e. The first kappa shape index (κ1) is 24.9. The van der Waals surface area contributed by atoms with Gasteiger partial charge in [0, 0.05) is 29.1 Å². The van der Waals surface area contributed by atoms with E-state index in [1.807, 2.05) is 79.2 Å². The number of nitrogens with one attached hydrogen (secondary N) is 1. The van der Waals surface area contributed by atoms with Crippen LogP contribution in [0.15, 0.2) is 79.0 Å². The summed E-state index contributed by atoms with van der Waals surface area (Å²) in [6, 6.07) is 21.9. The molecule has 0 unspecified atom stereocenters. The molecule has 2 amide bonds. The third-order valence-corrected chi connectivity index (χ3v) is 6.19. The summed E-state index contributed by atoms with van der Waals surface area (Å²) >= 11 is 0. The van der Waals surface area contributed by atoms with Crippen molar-refractivity contribution in [2.75, 3.05) is 25.8 Å². The topological polar surface area (TPSA) is 94.9 Å². The molecule has 1 aliphatic heterocycles. The summed E-state index contributed by atoms with van der Waals surface area (Å²) in [6.07, 6.45) is 1.87. The summed E-state index contributed by atoms with van der Waals surface area (Å²) in [4.78, 5) is 32.8. The first-order valence-electron chi connectivity index (χ1n) is 12.2. The van der Waals surface area contributed by atoms with Crippen LogP contribution in [0.25, 0.3) is 16.9 Å². The molecule has 0 radical (unpaired) electrons. The molecule has 0 saturated heterocycles. The molecule has 9 heteroatoms. The number of amides is 2. The monoisotopic (exact) mass is 512 g/mol. The highest BCUT2D eigenvalue weighted by atomic mass is 16.7. The van der Waals surface area contributed by atoms with Gasteiger partial charge in [0.25, 0.3) is 5.91 Å². The van der Waals surface area contributed by atoms with E-state index in [1.54, 1.807) is 25.3 Å². The van der Waals surface area contributed by atoms with E-state index in [9.17, 15) is 9.59 Å². The number of hydrogen-bond donors (Lipinski definition) is 1. The van der Waals surface area contributed by atoms with Gasteiger partial charge in [0.1, 0.15) is 12.3 Å². The Morgan fingerprint density at radius 3 is 2.47 bits per heavy atom. The van der Waals surface area contributed by atoms with Crippen LogP contribution in [0.1, 0.15) is 24.2 Å². The molecule has 4 aromatic rings. The van der Waals surface area contributed by atoms with Crippen LogP contribution in [-0.2, 0) is 4.79 Å². The van der Waals surface area contributed by atoms with Crippen molar-refractivity contribution in [3.8, 4) is 34.2 Å². The summed E-state index contributed by atoms with van der Waals surface area (Å²) in [5.41, 5.74) is 2.82. The van der Waals surface area contributed by atoms with Crippen LogP contribution in [0.4, 0.5) is 5.95 Å². The minimum Gasteiger partial charge on any atom is -0.497 e. The van der Waals surface area contributed by atoms with Gasteiger partial charge in [0.15, 0.2) is 11.5 Å². The fourth-order valence-corrected chi connectivity index (χ4v) is 4.16. The molecule has 0 spiro atoms. The number of fused-ring (bicyclic) bond motifs is 1. The van der Waals surface area contributed by atoms with Crippen LogP contribution < -0.4 is 19.5 Å². The zero-order chi connectivity index (χ0) is 26.6. The summed E-state index contributed by atoms with van der Waals surface area (Å²) in [5.74, 6) is 1.56. The Labute approximate surface area is 220 Å². The lowest BCUT2D eigenvalue weighted by atomic mass is 10.1. The van der Waals surface area contributed by atoms with Crippen LogP contribution in [0.3, 0.4) is 0 Å². The highest BCUT2D eigenvalue weighted by molar-refractivity contribution is 5.99. The first-order valence-corrected chi connectivity index (χ1v) is 12.2. The third kappa shape index (κ3) is 5.17. The number of carbonyl (C=O) groups excluding carboxylic acids is 2. The van der Waals surface area contributed by atoms with Crippen LogP contribution in [0, 0.1) is 0 Å². The number of imidazole rings is 1. The third-order valence-electron chi connectivity index (χ3n) is 6.19. The number of nitrogens with zero attached hydrogens (tertiary/aromatic N) is 3. The van der Waals surface area contributed by atoms with Crippen molar-refractivity contribution < 1.29 is 23.8 Å². The zero-order valence-corrected chi connectivity index (χ0v) is 21.4. The van der Waals surface area contributed by atoms with Gasteiger partial charge in [-0.05, 0) is 68.4 Å². The van der Waals surface area contributed by atoms with E-state index in [0.29, 0.717) is 28.7 Å². The number of carbonyl (C=O) groups is 2. The van der Waals surface area contributed by atoms with E-state index < -0.39 is 0 Å². The largest absolute Gasteiger partial charge is 0.497 e. The van der Waals surface area contributed by atoms with Crippen LogP contribution in [0.5, 0.6) is 17.2 Å². The molecule has 0 aliphatic carbocycles. The van der Waals surface area contributed by atoms with Crippen molar-refractivity contribution in [2.45, 2.75) is 19.9 Å². The van der Waals surface area contributed by atoms with Gasteiger partial charge in [-0.15, -0.1) is 0 Å². The van der Waals surface area contributed by atoms with E-state index in [1.165, 1.54) is 4.90 Å². The second-order valence-electron chi connectivity index (χ2n) is 9.03. The molecule has 5 rings (SSSR count). The smallest absolute Gasteiger partial charge is 0.254 e. The Morgan fingerprint density at radius 2 is 1.76 bits per heavy atom. The van der Waals surface area contributed by atoms with Crippen molar-refractivity contribution in [1.82, 2.24) is 14.5 Å². The highest BCUT2D eigenvalue weighted by Crippen LogP contribution is 2.33. The van der Waals surface area contributed by atoms with Gasteiger partial charge in [0.05, 0.1) is 12.8 Å². The summed E-state index contributed by atoms with van der Waals surface area (Å²) in [5, 5.41) is 2.90. The lowest BCUT2D eigenvalue weighted by Gasteiger charge is -2.26. The molecule has 0 saturated carbocycles. The molecule has 9 nitrogen and oxygen atoms in total. The fraction of sp³-hybridized carbons (Fsp3) is 0.207. The maximum absolute atomic E-state index is 13.3. The molecule has 194 valence electrons. The van der Waals surface area contributed by atoms with Crippen molar-refractivity contribution in [3.05, 3.63) is 84.6 Å². The molecular weight excluding hydrogens is 484 g/mol. The average molecular weight is 513 g/mol. The van der Waals surface area contributed by atoms with Crippen molar-refractivity contribution in [3.63, 3.8) is 0 Å². The van der Waals surface area contributed by atoms with E-state index in [0.717, 1.165) is 17.0 Å². The van der Waals surface area contributed by atoms with E-state index in [-0.39, 0.29) is 31.2 Å². The number of anilines is 1. The second-order valence-corrected chi connectivity index (χ2v) is 9.03. The molecule has 38 heavy (non-hydrogen) atoms. The predicted octanol–water partition coefficient (Wildman–Crippen LogP) is 4.77. The van der Waals surface area contributed by atoms with Crippen LogP contribution >= 0.6 is 0 Å². The Bertz CT molecular complexity index is 1450. The van der Waals surface area contributed by atoms with Gasteiger partial charge in [0.2, 0.25) is 18.6 Å². The van der Waals surface area contributed by atoms with E-state index in [4.69, 9.17) is 19.2 Å². The molecular formula is C29H28N4O5. The molecule has 3 aromatic carbocycles. The first-order chi connectivity index (χ1) is 18.4.